The highest BCUT2D eigenvalue weighted by molar-refractivity contribution is 5.87. The first-order chi connectivity index (χ1) is 12.6. The highest BCUT2D eigenvalue weighted by atomic mass is 16.6. The zero-order valence-corrected chi connectivity index (χ0v) is 15.5. The van der Waals surface area contributed by atoms with Crippen LogP contribution in [-0.2, 0) is 28.7 Å². The minimum atomic E-state index is -0.535. The van der Waals surface area contributed by atoms with Gasteiger partial charge in [-0.1, -0.05) is 38.5 Å². The van der Waals surface area contributed by atoms with Gasteiger partial charge in [-0.25, -0.2) is 0 Å². The lowest BCUT2D eigenvalue weighted by Gasteiger charge is -2.19. The standard InChI is InChI=1S/C20H30O6/c21-17(25-19(23)15-9-3-1-4-10-15)13-7-8-14-18(22)26-20(24)16-11-5-2-6-12-16/h15-16H,1-14H2. The maximum absolute atomic E-state index is 11.9. The van der Waals surface area contributed by atoms with E-state index in [1.54, 1.807) is 0 Å². The number of esters is 4. The van der Waals surface area contributed by atoms with Crippen molar-refractivity contribution in [2.75, 3.05) is 0 Å². The fraction of sp³-hybridized carbons (Fsp3) is 0.800. The maximum atomic E-state index is 11.9. The van der Waals surface area contributed by atoms with E-state index in [0.717, 1.165) is 64.2 Å². The van der Waals surface area contributed by atoms with Crippen molar-refractivity contribution in [3.8, 4) is 0 Å². The number of ether oxygens (including phenoxy) is 2. The molecule has 0 bridgehead atoms. The van der Waals surface area contributed by atoms with Crippen molar-refractivity contribution >= 4 is 23.9 Å². The molecule has 0 radical (unpaired) electrons. The zero-order chi connectivity index (χ0) is 18.8. The molecule has 6 heteroatoms. The molecule has 146 valence electrons. The van der Waals surface area contributed by atoms with Crippen molar-refractivity contribution in [2.45, 2.75) is 89.9 Å². The first kappa shape index (κ1) is 20.6. The second-order valence-electron chi connectivity index (χ2n) is 7.46. The van der Waals surface area contributed by atoms with Crippen LogP contribution in [0.25, 0.3) is 0 Å². The molecule has 0 heterocycles. The van der Waals surface area contributed by atoms with E-state index in [9.17, 15) is 19.2 Å². The van der Waals surface area contributed by atoms with Crippen molar-refractivity contribution in [1.82, 2.24) is 0 Å². The van der Waals surface area contributed by atoms with Gasteiger partial charge in [0.25, 0.3) is 0 Å². The Kier molecular flexibility index (Phi) is 8.78. The largest absolute Gasteiger partial charge is 0.393 e. The number of hydrogen-bond acceptors (Lipinski definition) is 6. The first-order valence-electron chi connectivity index (χ1n) is 10.1. The van der Waals surface area contributed by atoms with Crippen molar-refractivity contribution in [1.29, 1.82) is 0 Å². The lowest BCUT2D eigenvalue weighted by atomic mass is 9.89. The summed E-state index contributed by atoms with van der Waals surface area (Å²) < 4.78 is 9.79. The number of carbonyl (C=O) groups excluding carboxylic acids is 4. The summed E-state index contributed by atoms with van der Waals surface area (Å²) in [5.41, 5.74) is 0. The summed E-state index contributed by atoms with van der Waals surface area (Å²) in [6.45, 7) is 0. The predicted octanol–water partition coefficient (Wildman–Crippen LogP) is 3.85. The first-order valence-corrected chi connectivity index (χ1v) is 10.1. The SMILES string of the molecule is O=C(CCCCC(=O)OC(=O)C1CCCCC1)OC(=O)C1CCCCC1. The summed E-state index contributed by atoms with van der Waals surface area (Å²) >= 11 is 0. The number of rotatable bonds is 7. The van der Waals surface area contributed by atoms with Gasteiger partial charge in [-0.3, -0.25) is 19.2 Å². The highest BCUT2D eigenvalue weighted by Gasteiger charge is 2.25. The third-order valence-corrected chi connectivity index (χ3v) is 5.32. The molecule has 2 aliphatic carbocycles. The van der Waals surface area contributed by atoms with E-state index in [1.807, 2.05) is 0 Å². The molecule has 6 nitrogen and oxygen atoms in total. The Morgan fingerprint density at radius 1 is 0.577 bits per heavy atom. The van der Waals surface area contributed by atoms with Crippen LogP contribution in [-0.4, -0.2) is 23.9 Å². The normalized spacial score (nSPS) is 18.9. The summed E-state index contributed by atoms with van der Waals surface area (Å²) in [5.74, 6) is -2.18. The molecule has 0 aromatic rings. The fourth-order valence-electron chi connectivity index (χ4n) is 3.71. The summed E-state index contributed by atoms with van der Waals surface area (Å²) in [5, 5.41) is 0. The van der Waals surface area contributed by atoms with Gasteiger partial charge in [-0.15, -0.1) is 0 Å². The van der Waals surface area contributed by atoms with Crippen molar-refractivity contribution in [3.63, 3.8) is 0 Å². The molecule has 2 rings (SSSR count). The van der Waals surface area contributed by atoms with Crippen LogP contribution in [0.1, 0.15) is 89.9 Å². The summed E-state index contributed by atoms with van der Waals surface area (Å²) in [4.78, 5) is 47.2. The molecule has 2 saturated carbocycles. The molecule has 0 amide bonds. The number of carbonyl (C=O) groups is 4. The van der Waals surface area contributed by atoms with E-state index < -0.39 is 23.9 Å². The molecule has 0 aliphatic heterocycles. The van der Waals surface area contributed by atoms with E-state index in [0.29, 0.717) is 12.8 Å². The van der Waals surface area contributed by atoms with E-state index >= 15 is 0 Å². The van der Waals surface area contributed by atoms with Gasteiger partial charge in [0.1, 0.15) is 0 Å². The Bertz CT molecular complexity index is 454. The minimum Gasteiger partial charge on any atom is -0.393 e. The van der Waals surface area contributed by atoms with Crippen LogP contribution >= 0.6 is 0 Å². The summed E-state index contributed by atoms with van der Waals surface area (Å²) in [6.07, 6.45) is 10.6. The Balaban J connectivity index is 1.54. The van der Waals surface area contributed by atoms with E-state index in [-0.39, 0.29) is 24.7 Å². The van der Waals surface area contributed by atoms with Crippen molar-refractivity contribution in [2.24, 2.45) is 11.8 Å². The van der Waals surface area contributed by atoms with Crippen LogP contribution in [0, 0.1) is 11.8 Å². The topological polar surface area (TPSA) is 86.7 Å². The average Bonchev–Trinajstić information content (AvgIpc) is 2.66. The summed E-state index contributed by atoms with van der Waals surface area (Å²) in [6, 6.07) is 0. The molecule has 0 atom stereocenters. The molecule has 0 aromatic heterocycles. The van der Waals surface area contributed by atoms with Crippen molar-refractivity contribution < 1.29 is 28.7 Å². The number of unbranched alkanes of at least 4 members (excludes halogenated alkanes) is 1. The van der Waals surface area contributed by atoms with Gasteiger partial charge in [0.05, 0.1) is 11.8 Å². The van der Waals surface area contributed by atoms with Crippen LogP contribution in [0.5, 0.6) is 0 Å². The van der Waals surface area contributed by atoms with Crippen LogP contribution in [0.4, 0.5) is 0 Å². The molecule has 0 unspecified atom stereocenters. The van der Waals surface area contributed by atoms with Crippen LogP contribution in [0.3, 0.4) is 0 Å². The number of hydrogen-bond donors (Lipinski definition) is 0. The molecule has 0 N–H and O–H groups in total. The lowest BCUT2D eigenvalue weighted by Crippen LogP contribution is -2.23. The van der Waals surface area contributed by atoms with Gasteiger partial charge in [0.2, 0.25) is 0 Å². The van der Waals surface area contributed by atoms with Crippen LogP contribution in [0.2, 0.25) is 0 Å². The third-order valence-electron chi connectivity index (χ3n) is 5.32. The van der Waals surface area contributed by atoms with Gasteiger partial charge in [-0.2, -0.15) is 0 Å². The van der Waals surface area contributed by atoms with Gasteiger partial charge in [0.15, 0.2) is 0 Å². The Morgan fingerprint density at radius 3 is 1.27 bits per heavy atom. The molecular weight excluding hydrogens is 336 g/mol. The predicted molar refractivity (Wildman–Crippen MR) is 93.8 cm³/mol. The van der Waals surface area contributed by atoms with E-state index in [4.69, 9.17) is 9.47 Å². The van der Waals surface area contributed by atoms with E-state index in [1.165, 1.54) is 0 Å². The molecule has 0 saturated heterocycles. The average molecular weight is 366 g/mol. The monoisotopic (exact) mass is 366 g/mol. The third kappa shape index (κ3) is 7.26. The van der Waals surface area contributed by atoms with Crippen LogP contribution in [0.15, 0.2) is 0 Å². The maximum Gasteiger partial charge on any atom is 0.316 e. The quantitative estimate of drug-likeness (QED) is 0.386. The summed E-state index contributed by atoms with van der Waals surface area (Å²) in [7, 11) is 0. The smallest absolute Gasteiger partial charge is 0.316 e. The lowest BCUT2D eigenvalue weighted by molar-refractivity contribution is -0.165. The molecule has 0 aromatic carbocycles. The second kappa shape index (κ2) is 11.1. The highest BCUT2D eigenvalue weighted by Crippen LogP contribution is 2.25. The molecule has 26 heavy (non-hydrogen) atoms. The Labute approximate surface area is 155 Å². The molecule has 0 spiro atoms. The fourth-order valence-corrected chi connectivity index (χ4v) is 3.71. The van der Waals surface area contributed by atoms with Crippen molar-refractivity contribution in [3.05, 3.63) is 0 Å². The van der Waals surface area contributed by atoms with E-state index in [2.05, 4.69) is 0 Å². The minimum absolute atomic E-state index is 0.0995. The second-order valence-corrected chi connectivity index (χ2v) is 7.46. The van der Waals surface area contributed by atoms with Gasteiger partial charge >= 0.3 is 23.9 Å². The molecule has 2 aliphatic rings. The van der Waals surface area contributed by atoms with Gasteiger partial charge < -0.3 is 9.47 Å². The molecular formula is C20H30O6. The molecule has 2 fully saturated rings. The Hall–Kier alpha value is -1.72. The Morgan fingerprint density at radius 2 is 0.923 bits per heavy atom. The van der Waals surface area contributed by atoms with Gasteiger partial charge in [0, 0.05) is 12.8 Å². The van der Waals surface area contributed by atoms with Crippen LogP contribution < -0.4 is 0 Å². The zero-order valence-electron chi connectivity index (χ0n) is 15.5. The van der Waals surface area contributed by atoms with Gasteiger partial charge in [-0.05, 0) is 38.5 Å².